The minimum Gasteiger partial charge on any atom is -0.497 e. The zero-order valence-corrected chi connectivity index (χ0v) is 15.9. The van der Waals surface area contributed by atoms with Crippen molar-refractivity contribution in [3.63, 3.8) is 0 Å². The zero-order valence-electron chi connectivity index (χ0n) is 15.9. The zero-order chi connectivity index (χ0) is 19.7. The number of methoxy groups -OCH3 is 1. The van der Waals surface area contributed by atoms with Gasteiger partial charge in [-0.05, 0) is 54.7 Å². The van der Waals surface area contributed by atoms with Gasteiger partial charge in [0, 0.05) is 29.1 Å². The number of aromatic nitrogens is 2. The van der Waals surface area contributed by atoms with Gasteiger partial charge >= 0.3 is 0 Å². The van der Waals surface area contributed by atoms with Crippen LogP contribution in [0.4, 0.5) is 4.39 Å². The smallest absolute Gasteiger partial charge is 0.170 e. The van der Waals surface area contributed by atoms with Crippen LogP contribution in [0, 0.1) is 12.7 Å². The predicted octanol–water partition coefficient (Wildman–Crippen LogP) is 4.44. The van der Waals surface area contributed by atoms with Crippen molar-refractivity contribution >= 4 is 5.78 Å². The maximum Gasteiger partial charge on any atom is 0.170 e. The van der Waals surface area contributed by atoms with Gasteiger partial charge in [-0.1, -0.05) is 18.2 Å². The predicted molar refractivity (Wildman–Crippen MR) is 104 cm³/mol. The fraction of sp³-hybridized carbons (Fsp3) is 0.261. The largest absolute Gasteiger partial charge is 0.497 e. The number of halogens is 1. The summed E-state index contributed by atoms with van der Waals surface area (Å²) in [6.07, 6.45) is 6.67. The van der Waals surface area contributed by atoms with E-state index in [9.17, 15) is 9.18 Å². The normalized spacial score (nSPS) is 14.5. The van der Waals surface area contributed by atoms with Gasteiger partial charge in [-0.2, -0.15) is 0 Å². The van der Waals surface area contributed by atoms with Crippen molar-refractivity contribution in [2.75, 3.05) is 7.11 Å². The lowest BCUT2D eigenvalue weighted by Crippen LogP contribution is -2.11. The van der Waals surface area contributed by atoms with Gasteiger partial charge < -0.3 is 4.74 Å². The van der Waals surface area contributed by atoms with E-state index in [0.717, 1.165) is 30.4 Å². The lowest BCUT2D eigenvalue weighted by atomic mass is 9.89. The molecular weight excluding hydrogens is 355 g/mol. The Labute approximate surface area is 163 Å². The summed E-state index contributed by atoms with van der Waals surface area (Å²) in [7, 11) is 1.66. The number of pyridine rings is 2. The Morgan fingerprint density at radius 2 is 1.79 bits per heavy atom. The molecule has 0 aliphatic heterocycles. The second-order valence-corrected chi connectivity index (χ2v) is 7.24. The van der Waals surface area contributed by atoms with Crippen molar-refractivity contribution in [2.24, 2.45) is 0 Å². The second kappa shape index (κ2) is 7.15. The highest BCUT2D eigenvalue weighted by Crippen LogP contribution is 2.53. The number of carbonyl (C=O) groups excluding carboxylic acids is 1. The highest BCUT2D eigenvalue weighted by atomic mass is 19.1. The summed E-state index contributed by atoms with van der Waals surface area (Å²) >= 11 is 0. The fourth-order valence-corrected chi connectivity index (χ4v) is 3.63. The molecular formula is C23H21FN2O2. The van der Waals surface area contributed by atoms with E-state index in [4.69, 9.17) is 4.74 Å². The molecule has 1 aliphatic rings. The maximum atomic E-state index is 13.6. The van der Waals surface area contributed by atoms with E-state index in [-0.39, 0.29) is 17.6 Å². The number of rotatable bonds is 6. The minimum atomic E-state index is -0.468. The van der Waals surface area contributed by atoms with Gasteiger partial charge in [0.25, 0.3) is 0 Å². The Morgan fingerprint density at radius 3 is 2.39 bits per heavy atom. The van der Waals surface area contributed by atoms with E-state index in [0.29, 0.717) is 16.8 Å². The topological polar surface area (TPSA) is 52.1 Å². The third kappa shape index (κ3) is 3.28. The van der Waals surface area contributed by atoms with Gasteiger partial charge in [-0.3, -0.25) is 14.8 Å². The first-order valence-electron chi connectivity index (χ1n) is 9.27. The molecule has 2 heterocycles. The Kier molecular flexibility index (Phi) is 4.67. The van der Waals surface area contributed by atoms with Gasteiger partial charge in [0.05, 0.1) is 19.7 Å². The van der Waals surface area contributed by atoms with E-state index in [1.54, 1.807) is 14.0 Å². The summed E-state index contributed by atoms with van der Waals surface area (Å²) in [6, 6.07) is 12.1. The molecule has 28 heavy (non-hydrogen) atoms. The minimum absolute atomic E-state index is 0.00484. The van der Waals surface area contributed by atoms with Gasteiger partial charge in [0.2, 0.25) is 0 Å². The van der Waals surface area contributed by atoms with Crippen LogP contribution >= 0.6 is 0 Å². The first kappa shape index (κ1) is 18.3. The SMILES string of the molecule is COc1ccc(C2(c3ccc(CC(=O)c4cncc(F)c4C)nc3)CC2)cc1. The fourth-order valence-electron chi connectivity index (χ4n) is 3.63. The van der Waals surface area contributed by atoms with Crippen LogP contribution in [0.2, 0.25) is 0 Å². The van der Waals surface area contributed by atoms with Crippen LogP contribution in [-0.4, -0.2) is 22.9 Å². The number of ketones is 1. The van der Waals surface area contributed by atoms with Gasteiger partial charge in [0.15, 0.2) is 5.78 Å². The molecule has 0 bridgehead atoms. The van der Waals surface area contributed by atoms with Crippen LogP contribution < -0.4 is 4.74 Å². The molecule has 1 saturated carbocycles. The number of Topliss-reactive ketones (excluding diaryl/α,β-unsaturated/α-hetero) is 1. The molecule has 0 N–H and O–H groups in total. The average Bonchev–Trinajstić information content (AvgIpc) is 3.52. The molecule has 142 valence electrons. The number of ether oxygens (including phenoxy) is 1. The standard InChI is InChI=1S/C23H21FN2O2/c1-15-20(13-25-14-21(15)24)22(27)11-18-6-3-17(12-26-18)23(9-10-23)16-4-7-19(28-2)8-5-16/h3-8,12-14H,9-11H2,1-2H3. The Hall–Kier alpha value is -3.08. The van der Waals surface area contributed by atoms with E-state index in [1.165, 1.54) is 11.8 Å². The number of carbonyl (C=O) groups is 1. The monoisotopic (exact) mass is 376 g/mol. The van der Waals surface area contributed by atoms with Crippen LogP contribution in [0.5, 0.6) is 5.75 Å². The van der Waals surface area contributed by atoms with Gasteiger partial charge in [-0.15, -0.1) is 0 Å². The molecule has 5 heteroatoms. The van der Waals surface area contributed by atoms with Crippen molar-refractivity contribution in [1.29, 1.82) is 0 Å². The average molecular weight is 376 g/mol. The number of hydrogen-bond acceptors (Lipinski definition) is 4. The summed E-state index contributed by atoms with van der Waals surface area (Å²) in [5.74, 6) is 0.194. The molecule has 0 saturated heterocycles. The summed E-state index contributed by atoms with van der Waals surface area (Å²) in [4.78, 5) is 20.8. The third-order valence-electron chi connectivity index (χ3n) is 5.57. The Bertz CT molecular complexity index is 1010. The number of hydrogen-bond donors (Lipinski definition) is 0. The van der Waals surface area contributed by atoms with Crippen molar-refractivity contribution in [3.05, 3.63) is 88.8 Å². The molecule has 0 spiro atoms. The van der Waals surface area contributed by atoms with Crippen molar-refractivity contribution < 1.29 is 13.9 Å². The van der Waals surface area contributed by atoms with Gasteiger partial charge in [-0.25, -0.2) is 4.39 Å². The molecule has 0 unspecified atom stereocenters. The quantitative estimate of drug-likeness (QED) is 0.597. The molecule has 4 rings (SSSR count). The molecule has 1 aromatic carbocycles. The number of benzene rings is 1. The molecule has 1 aliphatic carbocycles. The lowest BCUT2D eigenvalue weighted by molar-refractivity contribution is 0.0990. The summed E-state index contributed by atoms with van der Waals surface area (Å²) in [6.45, 7) is 1.59. The second-order valence-electron chi connectivity index (χ2n) is 7.24. The highest BCUT2D eigenvalue weighted by Gasteiger charge is 2.46. The lowest BCUT2D eigenvalue weighted by Gasteiger charge is -2.17. The van der Waals surface area contributed by atoms with Crippen molar-refractivity contribution in [1.82, 2.24) is 9.97 Å². The van der Waals surface area contributed by atoms with E-state index in [2.05, 4.69) is 22.1 Å². The molecule has 2 aromatic heterocycles. The van der Waals surface area contributed by atoms with Crippen LogP contribution in [0.1, 0.15) is 45.6 Å². The molecule has 0 radical (unpaired) electrons. The maximum absolute atomic E-state index is 13.6. The Balaban J connectivity index is 1.52. The highest BCUT2D eigenvalue weighted by molar-refractivity contribution is 5.98. The first-order chi connectivity index (χ1) is 13.5. The summed E-state index contributed by atoms with van der Waals surface area (Å²) in [5, 5.41) is 0. The summed E-state index contributed by atoms with van der Waals surface area (Å²) < 4.78 is 18.9. The van der Waals surface area contributed by atoms with Crippen molar-refractivity contribution in [3.8, 4) is 5.75 Å². The summed E-state index contributed by atoms with van der Waals surface area (Å²) in [5.41, 5.74) is 3.71. The molecule has 1 fully saturated rings. The third-order valence-corrected chi connectivity index (χ3v) is 5.57. The van der Waals surface area contributed by atoms with Crippen LogP contribution in [0.25, 0.3) is 0 Å². The first-order valence-corrected chi connectivity index (χ1v) is 9.27. The molecule has 0 amide bonds. The van der Waals surface area contributed by atoms with Gasteiger partial charge in [0.1, 0.15) is 11.6 Å². The number of nitrogens with zero attached hydrogens (tertiary/aromatic N) is 2. The molecule has 4 nitrogen and oxygen atoms in total. The van der Waals surface area contributed by atoms with Crippen LogP contribution in [0.15, 0.2) is 55.0 Å². The van der Waals surface area contributed by atoms with E-state index in [1.807, 2.05) is 30.5 Å². The van der Waals surface area contributed by atoms with Crippen molar-refractivity contribution in [2.45, 2.75) is 31.6 Å². The van der Waals surface area contributed by atoms with Crippen LogP contribution in [-0.2, 0) is 11.8 Å². The Morgan fingerprint density at radius 1 is 1.07 bits per heavy atom. The molecule has 3 aromatic rings. The molecule has 0 atom stereocenters. The van der Waals surface area contributed by atoms with E-state index < -0.39 is 5.82 Å². The van der Waals surface area contributed by atoms with E-state index >= 15 is 0 Å². The van der Waals surface area contributed by atoms with Crippen LogP contribution in [0.3, 0.4) is 0 Å².